The topological polar surface area (TPSA) is 51.8 Å². The maximum Gasteiger partial charge on any atom is 0.227 e. The monoisotopic (exact) mass is 441 g/mol. The third-order valence-corrected chi connectivity index (χ3v) is 6.16. The van der Waals surface area contributed by atoms with E-state index in [0.717, 1.165) is 55.8 Å². The van der Waals surface area contributed by atoms with Crippen LogP contribution < -0.4 is 0 Å². The van der Waals surface area contributed by atoms with E-state index < -0.39 is 5.41 Å². The molecule has 0 N–H and O–H groups in total. The molecule has 4 aromatic heterocycles. The van der Waals surface area contributed by atoms with E-state index in [1.807, 2.05) is 32.0 Å². The first-order chi connectivity index (χ1) is 15.2. The van der Waals surface area contributed by atoms with Crippen LogP contribution in [0.25, 0.3) is 33.3 Å². The Labute approximate surface area is 192 Å². The van der Waals surface area contributed by atoms with Gasteiger partial charge in [-0.25, -0.2) is 9.97 Å². The van der Waals surface area contributed by atoms with Gasteiger partial charge < -0.3 is 4.42 Å². The normalized spacial score (nSPS) is 12.1. The summed E-state index contributed by atoms with van der Waals surface area (Å²) in [5.41, 5.74) is 7.82. The Balaban J connectivity index is 1.71. The van der Waals surface area contributed by atoms with E-state index in [-0.39, 0.29) is 0 Å². The Kier molecular flexibility index (Phi) is 4.79. The summed E-state index contributed by atoms with van der Waals surface area (Å²) in [5, 5.41) is 2.55. The van der Waals surface area contributed by atoms with Crippen LogP contribution in [0.1, 0.15) is 42.1 Å². The van der Waals surface area contributed by atoms with Gasteiger partial charge in [-0.05, 0) is 88.2 Å². The highest BCUT2D eigenvalue weighted by Gasteiger charge is 2.28. The molecule has 5 heteroatoms. The van der Waals surface area contributed by atoms with Crippen LogP contribution in [-0.4, -0.2) is 15.0 Å². The van der Waals surface area contributed by atoms with Gasteiger partial charge >= 0.3 is 0 Å². The molecular weight excluding hydrogens is 418 g/mol. The number of aryl methyl sites for hydroxylation is 3. The summed E-state index contributed by atoms with van der Waals surface area (Å²) in [4.78, 5) is 14.3. The Bertz CT molecular complexity index is 1480. The molecular formula is C27H24ClN3O. The zero-order chi connectivity index (χ0) is 22.6. The average molecular weight is 442 g/mol. The van der Waals surface area contributed by atoms with Crippen LogP contribution in [0, 0.1) is 20.8 Å². The molecule has 0 unspecified atom stereocenters. The number of pyridine rings is 3. The third-order valence-electron chi connectivity index (χ3n) is 5.97. The quantitative estimate of drug-likeness (QED) is 0.275. The van der Waals surface area contributed by atoms with Crippen molar-refractivity contribution in [2.75, 3.05) is 0 Å². The highest BCUT2D eigenvalue weighted by molar-refractivity contribution is 6.29. The number of rotatable bonds is 3. The molecule has 0 spiro atoms. The molecule has 0 radical (unpaired) electrons. The molecule has 0 aliphatic rings. The molecule has 0 aliphatic heterocycles. The van der Waals surface area contributed by atoms with Crippen molar-refractivity contribution in [3.63, 3.8) is 0 Å². The summed E-state index contributed by atoms with van der Waals surface area (Å²) < 4.78 is 6.22. The zero-order valence-corrected chi connectivity index (χ0v) is 19.6. The van der Waals surface area contributed by atoms with Gasteiger partial charge in [-0.1, -0.05) is 23.7 Å². The minimum atomic E-state index is -0.420. The minimum absolute atomic E-state index is 0.420. The van der Waals surface area contributed by atoms with Crippen molar-refractivity contribution in [1.82, 2.24) is 15.0 Å². The number of halogens is 1. The van der Waals surface area contributed by atoms with Crippen molar-refractivity contribution in [2.45, 2.75) is 40.0 Å². The SMILES string of the molecule is Cc1cc(Cl)nc(C(C)(C)c2cc(C)cc(-c3cccc4c3oc3nc(C)ccc34)n2)c1. The molecule has 0 aliphatic carbocycles. The molecule has 0 fully saturated rings. The van der Waals surface area contributed by atoms with Gasteiger partial charge in [-0.2, -0.15) is 0 Å². The highest BCUT2D eigenvalue weighted by Crippen LogP contribution is 2.37. The van der Waals surface area contributed by atoms with E-state index >= 15 is 0 Å². The smallest absolute Gasteiger partial charge is 0.227 e. The maximum atomic E-state index is 6.27. The summed E-state index contributed by atoms with van der Waals surface area (Å²) in [6.07, 6.45) is 0. The fourth-order valence-corrected chi connectivity index (χ4v) is 4.44. The van der Waals surface area contributed by atoms with Crippen LogP contribution in [0.4, 0.5) is 0 Å². The predicted octanol–water partition coefficient (Wildman–Crippen LogP) is 7.34. The molecule has 0 saturated carbocycles. The number of para-hydroxylation sites is 1. The molecule has 0 bridgehead atoms. The number of hydrogen-bond donors (Lipinski definition) is 0. The largest absolute Gasteiger partial charge is 0.437 e. The Morgan fingerprint density at radius 3 is 2.25 bits per heavy atom. The molecule has 4 nitrogen and oxygen atoms in total. The second kappa shape index (κ2) is 7.42. The Hall–Kier alpha value is -3.24. The third kappa shape index (κ3) is 3.45. The number of benzene rings is 1. The molecule has 0 amide bonds. The number of hydrogen-bond acceptors (Lipinski definition) is 4. The van der Waals surface area contributed by atoms with Crippen molar-refractivity contribution in [3.8, 4) is 11.3 Å². The van der Waals surface area contributed by atoms with E-state index in [1.54, 1.807) is 0 Å². The first kappa shape index (κ1) is 20.7. The first-order valence-corrected chi connectivity index (χ1v) is 11.0. The van der Waals surface area contributed by atoms with Crippen LogP contribution in [-0.2, 0) is 5.41 Å². The van der Waals surface area contributed by atoms with Gasteiger partial charge in [0.25, 0.3) is 0 Å². The molecule has 1 aromatic carbocycles. The van der Waals surface area contributed by atoms with E-state index in [9.17, 15) is 0 Å². The van der Waals surface area contributed by atoms with Crippen molar-refractivity contribution >= 4 is 33.7 Å². The standard InChI is InChI=1S/C27H24ClN3O/c1-15-11-21(30-22(12-15)27(4,5)23-13-16(2)14-24(28)31-23)20-8-6-7-18-19-10-9-17(3)29-26(19)32-25(18)20/h6-14H,1-5H3. The van der Waals surface area contributed by atoms with Gasteiger partial charge in [0.2, 0.25) is 5.71 Å². The zero-order valence-electron chi connectivity index (χ0n) is 18.8. The first-order valence-electron chi connectivity index (χ1n) is 10.7. The summed E-state index contributed by atoms with van der Waals surface area (Å²) in [5.74, 6) is 0. The maximum absolute atomic E-state index is 6.27. The van der Waals surface area contributed by atoms with Crippen LogP contribution >= 0.6 is 11.6 Å². The van der Waals surface area contributed by atoms with Gasteiger partial charge in [0, 0.05) is 27.4 Å². The van der Waals surface area contributed by atoms with Crippen molar-refractivity contribution in [2.24, 2.45) is 0 Å². The van der Waals surface area contributed by atoms with Gasteiger partial charge in [0.05, 0.1) is 17.1 Å². The van der Waals surface area contributed by atoms with E-state index in [2.05, 4.69) is 67.1 Å². The Morgan fingerprint density at radius 2 is 1.50 bits per heavy atom. The van der Waals surface area contributed by atoms with Gasteiger partial charge in [-0.15, -0.1) is 0 Å². The van der Waals surface area contributed by atoms with Crippen molar-refractivity contribution < 1.29 is 4.42 Å². The predicted molar refractivity (Wildman–Crippen MR) is 130 cm³/mol. The lowest BCUT2D eigenvalue weighted by Crippen LogP contribution is -2.23. The van der Waals surface area contributed by atoms with Crippen LogP contribution in [0.3, 0.4) is 0 Å². The van der Waals surface area contributed by atoms with E-state index in [1.165, 1.54) is 0 Å². The fraction of sp³-hybridized carbons (Fsp3) is 0.222. The minimum Gasteiger partial charge on any atom is -0.437 e. The van der Waals surface area contributed by atoms with Crippen molar-refractivity contribution in [3.05, 3.63) is 88.0 Å². The van der Waals surface area contributed by atoms with E-state index in [4.69, 9.17) is 21.0 Å². The number of fused-ring (bicyclic) bond motifs is 3. The molecule has 5 aromatic rings. The number of aromatic nitrogens is 3. The lowest BCUT2D eigenvalue weighted by Gasteiger charge is -2.25. The lowest BCUT2D eigenvalue weighted by molar-refractivity contribution is 0.594. The van der Waals surface area contributed by atoms with E-state index in [0.29, 0.717) is 10.9 Å². The average Bonchev–Trinajstić information content (AvgIpc) is 3.10. The van der Waals surface area contributed by atoms with Gasteiger partial charge in [-0.3, -0.25) is 4.98 Å². The molecule has 4 heterocycles. The fourth-order valence-electron chi connectivity index (χ4n) is 4.17. The van der Waals surface area contributed by atoms with Crippen molar-refractivity contribution in [1.29, 1.82) is 0 Å². The summed E-state index contributed by atoms with van der Waals surface area (Å²) in [6, 6.07) is 18.4. The molecule has 0 saturated heterocycles. The Morgan fingerprint density at radius 1 is 0.781 bits per heavy atom. The lowest BCUT2D eigenvalue weighted by atomic mass is 9.83. The van der Waals surface area contributed by atoms with Gasteiger partial charge in [0.1, 0.15) is 10.7 Å². The summed E-state index contributed by atoms with van der Waals surface area (Å²) in [6.45, 7) is 10.3. The number of furan rings is 1. The highest BCUT2D eigenvalue weighted by atomic mass is 35.5. The summed E-state index contributed by atoms with van der Waals surface area (Å²) >= 11 is 6.27. The molecule has 160 valence electrons. The molecule has 5 rings (SSSR count). The van der Waals surface area contributed by atoms with Crippen LogP contribution in [0.5, 0.6) is 0 Å². The van der Waals surface area contributed by atoms with Crippen LogP contribution in [0.15, 0.2) is 59.0 Å². The molecule has 0 atom stereocenters. The second-order valence-corrected chi connectivity index (χ2v) is 9.37. The second-order valence-electron chi connectivity index (χ2n) is 8.98. The number of nitrogens with zero attached hydrogens (tertiary/aromatic N) is 3. The van der Waals surface area contributed by atoms with Crippen LogP contribution in [0.2, 0.25) is 5.15 Å². The molecule has 32 heavy (non-hydrogen) atoms. The summed E-state index contributed by atoms with van der Waals surface area (Å²) in [7, 11) is 0. The van der Waals surface area contributed by atoms with Gasteiger partial charge in [0.15, 0.2) is 0 Å².